The Bertz CT molecular complexity index is 401. The topological polar surface area (TPSA) is 29.1 Å². The highest BCUT2D eigenvalue weighted by atomic mass is 79.9. The second-order valence-electron chi connectivity index (χ2n) is 4.81. The van der Waals surface area contributed by atoms with Crippen molar-refractivity contribution in [1.29, 1.82) is 0 Å². The molecular formula is C16H24BrNO. The van der Waals surface area contributed by atoms with Gasteiger partial charge in [0.2, 0.25) is 0 Å². The third-order valence-corrected chi connectivity index (χ3v) is 4.73. The zero-order chi connectivity index (χ0) is 14.3. The van der Waals surface area contributed by atoms with Crippen molar-refractivity contribution in [2.75, 3.05) is 6.54 Å². The molecule has 0 aliphatic carbocycles. The minimum Gasteiger partial charge on any atom is -0.351 e. The van der Waals surface area contributed by atoms with Gasteiger partial charge in [0.1, 0.15) is 0 Å². The van der Waals surface area contributed by atoms with Crippen LogP contribution in [-0.2, 0) is 6.42 Å². The lowest BCUT2D eigenvalue weighted by Gasteiger charge is -2.20. The van der Waals surface area contributed by atoms with E-state index in [-0.39, 0.29) is 5.91 Å². The molecule has 1 unspecified atom stereocenters. The number of carbonyl (C=O) groups is 1. The summed E-state index contributed by atoms with van der Waals surface area (Å²) in [5, 5.41) is 3.04. The predicted octanol–water partition coefficient (Wildman–Crippen LogP) is 4.18. The van der Waals surface area contributed by atoms with Gasteiger partial charge in [0, 0.05) is 16.9 Å². The monoisotopic (exact) mass is 325 g/mol. The molecule has 19 heavy (non-hydrogen) atoms. The number of rotatable bonds is 7. The summed E-state index contributed by atoms with van der Waals surface area (Å²) < 4.78 is 0. The van der Waals surface area contributed by atoms with E-state index in [0.29, 0.717) is 17.3 Å². The van der Waals surface area contributed by atoms with Crippen LogP contribution < -0.4 is 5.32 Å². The van der Waals surface area contributed by atoms with Crippen LogP contribution >= 0.6 is 15.9 Å². The van der Waals surface area contributed by atoms with Crippen LogP contribution in [0.4, 0.5) is 0 Å². The maximum absolute atomic E-state index is 12.2. The van der Waals surface area contributed by atoms with Gasteiger partial charge in [-0.2, -0.15) is 0 Å². The average molecular weight is 326 g/mol. The summed E-state index contributed by atoms with van der Waals surface area (Å²) in [4.78, 5) is 12.5. The second-order valence-corrected chi connectivity index (χ2v) is 5.99. The van der Waals surface area contributed by atoms with Gasteiger partial charge < -0.3 is 5.32 Å². The quantitative estimate of drug-likeness (QED) is 0.748. The maximum atomic E-state index is 12.2. The third-order valence-electron chi connectivity index (χ3n) is 3.66. The molecule has 106 valence electrons. The van der Waals surface area contributed by atoms with Crippen molar-refractivity contribution in [3.63, 3.8) is 0 Å². The molecule has 2 nitrogen and oxygen atoms in total. The summed E-state index contributed by atoms with van der Waals surface area (Å²) in [7, 11) is 0. The summed E-state index contributed by atoms with van der Waals surface area (Å²) in [6.07, 6.45) is 3.15. The average Bonchev–Trinajstić information content (AvgIpc) is 2.45. The van der Waals surface area contributed by atoms with Crippen molar-refractivity contribution in [3.8, 4) is 0 Å². The van der Waals surface area contributed by atoms with Crippen LogP contribution in [0.5, 0.6) is 0 Å². The maximum Gasteiger partial charge on any atom is 0.251 e. The predicted molar refractivity (Wildman–Crippen MR) is 84.9 cm³/mol. The molecule has 1 N–H and O–H groups in total. The van der Waals surface area contributed by atoms with Crippen LogP contribution in [0.1, 0.15) is 49.5 Å². The first-order chi connectivity index (χ1) is 9.13. The van der Waals surface area contributed by atoms with Crippen molar-refractivity contribution < 1.29 is 4.79 Å². The minimum absolute atomic E-state index is 0.0351. The fourth-order valence-electron chi connectivity index (χ4n) is 2.30. The zero-order valence-electron chi connectivity index (χ0n) is 12.1. The molecule has 0 radical (unpaired) electrons. The van der Waals surface area contributed by atoms with Crippen LogP contribution in [0.25, 0.3) is 0 Å². The number of carbonyl (C=O) groups excluding carboxylic acids is 1. The molecule has 0 spiro atoms. The van der Waals surface area contributed by atoms with Gasteiger partial charge >= 0.3 is 0 Å². The standard InChI is InChI=1S/C16H24BrNO/c1-4-12(5-2)15(17)11-18-16(19)14-10-8-7-9-13(14)6-3/h7-10,12,15H,4-6,11H2,1-3H3,(H,18,19). The molecular weight excluding hydrogens is 302 g/mol. The van der Waals surface area contributed by atoms with E-state index in [1.54, 1.807) is 0 Å². The first-order valence-corrected chi connectivity index (χ1v) is 8.05. The molecule has 0 saturated heterocycles. The Balaban J connectivity index is 2.60. The Hall–Kier alpha value is -0.830. The van der Waals surface area contributed by atoms with Gasteiger partial charge in [-0.15, -0.1) is 0 Å². The fraction of sp³-hybridized carbons (Fsp3) is 0.562. The van der Waals surface area contributed by atoms with Crippen molar-refractivity contribution in [2.24, 2.45) is 5.92 Å². The summed E-state index contributed by atoms with van der Waals surface area (Å²) in [6.45, 7) is 7.14. The first kappa shape index (κ1) is 16.2. The third kappa shape index (κ3) is 4.64. The molecule has 0 heterocycles. The Labute approximate surface area is 125 Å². The van der Waals surface area contributed by atoms with Crippen LogP contribution in [0.15, 0.2) is 24.3 Å². The molecule has 0 bridgehead atoms. The number of benzene rings is 1. The highest BCUT2D eigenvalue weighted by molar-refractivity contribution is 9.09. The zero-order valence-corrected chi connectivity index (χ0v) is 13.7. The molecule has 0 aliphatic heterocycles. The molecule has 1 aromatic carbocycles. The Kier molecular flexibility index (Phi) is 7.14. The molecule has 1 atom stereocenters. The molecule has 0 fully saturated rings. The SMILES string of the molecule is CCc1ccccc1C(=O)NCC(Br)C(CC)CC. The minimum atomic E-state index is 0.0351. The summed E-state index contributed by atoms with van der Waals surface area (Å²) in [5.41, 5.74) is 1.91. The van der Waals surface area contributed by atoms with Crippen LogP contribution in [0, 0.1) is 5.92 Å². The number of aryl methyl sites for hydroxylation is 1. The molecule has 3 heteroatoms. The number of nitrogens with one attached hydrogen (secondary N) is 1. The van der Waals surface area contributed by atoms with E-state index in [9.17, 15) is 4.79 Å². The second kappa shape index (κ2) is 8.36. The van der Waals surface area contributed by atoms with E-state index in [1.165, 1.54) is 0 Å². The number of halogens is 1. The van der Waals surface area contributed by atoms with Gasteiger partial charge in [0.05, 0.1) is 0 Å². The van der Waals surface area contributed by atoms with Crippen LogP contribution in [0.2, 0.25) is 0 Å². The van der Waals surface area contributed by atoms with E-state index in [0.717, 1.165) is 30.4 Å². The van der Waals surface area contributed by atoms with Crippen molar-refractivity contribution in [2.45, 2.75) is 44.9 Å². The molecule has 0 saturated carbocycles. The normalized spacial score (nSPS) is 12.5. The van der Waals surface area contributed by atoms with E-state index in [1.807, 2.05) is 24.3 Å². The smallest absolute Gasteiger partial charge is 0.251 e. The molecule has 1 aromatic rings. The molecule has 1 amide bonds. The number of hydrogen-bond acceptors (Lipinski definition) is 1. The van der Waals surface area contributed by atoms with Crippen LogP contribution in [0.3, 0.4) is 0 Å². The van der Waals surface area contributed by atoms with Gasteiger partial charge in [-0.1, -0.05) is 67.7 Å². The van der Waals surface area contributed by atoms with Crippen LogP contribution in [-0.4, -0.2) is 17.3 Å². The van der Waals surface area contributed by atoms with Gasteiger partial charge in [0.15, 0.2) is 0 Å². The molecule has 1 rings (SSSR count). The first-order valence-electron chi connectivity index (χ1n) is 7.14. The number of amides is 1. The van der Waals surface area contributed by atoms with Gasteiger partial charge in [-0.3, -0.25) is 4.79 Å². The summed E-state index contributed by atoms with van der Waals surface area (Å²) in [6, 6.07) is 7.81. The van der Waals surface area contributed by atoms with Crippen molar-refractivity contribution >= 4 is 21.8 Å². The number of alkyl halides is 1. The Morgan fingerprint density at radius 2 is 1.84 bits per heavy atom. The van der Waals surface area contributed by atoms with Crippen molar-refractivity contribution in [1.82, 2.24) is 5.32 Å². The largest absolute Gasteiger partial charge is 0.351 e. The Morgan fingerprint density at radius 1 is 1.21 bits per heavy atom. The van der Waals surface area contributed by atoms with E-state index < -0.39 is 0 Å². The number of hydrogen-bond donors (Lipinski definition) is 1. The molecule has 0 aromatic heterocycles. The van der Waals surface area contributed by atoms with Gasteiger partial charge in [0.25, 0.3) is 5.91 Å². The van der Waals surface area contributed by atoms with E-state index >= 15 is 0 Å². The lowest BCUT2D eigenvalue weighted by Crippen LogP contribution is -2.33. The van der Waals surface area contributed by atoms with Gasteiger partial charge in [-0.25, -0.2) is 0 Å². The van der Waals surface area contributed by atoms with Gasteiger partial charge in [-0.05, 0) is 24.0 Å². The highest BCUT2D eigenvalue weighted by Gasteiger charge is 2.17. The molecule has 0 aliphatic rings. The van der Waals surface area contributed by atoms with E-state index in [2.05, 4.69) is 42.0 Å². The fourth-order valence-corrected chi connectivity index (χ4v) is 3.21. The highest BCUT2D eigenvalue weighted by Crippen LogP contribution is 2.19. The van der Waals surface area contributed by atoms with E-state index in [4.69, 9.17) is 0 Å². The van der Waals surface area contributed by atoms with Crippen molar-refractivity contribution in [3.05, 3.63) is 35.4 Å². The lowest BCUT2D eigenvalue weighted by atomic mass is 9.99. The lowest BCUT2D eigenvalue weighted by molar-refractivity contribution is 0.0951. The summed E-state index contributed by atoms with van der Waals surface area (Å²) in [5.74, 6) is 0.648. The Morgan fingerprint density at radius 3 is 2.42 bits per heavy atom. The summed E-state index contributed by atoms with van der Waals surface area (Å²) >= 11 is 3.69.